The minimum absolute atomic E-state index is 0.139. The van der Waals surface area contributed by atoms with Crippen LogP contribution in [0.15, 0.2) is 29.2 Å². The summed E-state index contributed by atoms with van der Waals surface area (Å²) >= 11 is 0. The molecule has 0 saturated carbocycles. The summed E-state index contributed by atoms with van der Waals surface area (Å²) in [6.07, 6.45) is 0. The van der Waals surface area contributed by atoms with Crippen molar-refractivity contribution in [2.75, 3.05) is 7.11 Å². The molecule has 0 spiro atoms. The van der Waals surface area contributed by atoms with E-state index in [9.17, 15) is 8.42 Å². The third-order valence-corrected chi connectivity index (χ3v) is 3.06. The van der Waals surface area contributed by atoms with Gasteiger partial charge in [0.2, 0.25) is 0 Å². The summed E-state index contributed by atoms with van der Waals surface area (Å²) in [6, 6.07) is 6.49. The van der Waals surface area contributed by atoms with E-state index in [1.165, 1.54) is 6.07 Å². The van der Waals surface area contributed by atoms with Crippen molar-refractivity contribution in [2.24, 2.45) is 5.73 Å². The number of hydrogen-bond donors (Lipinski definition) is 1. The quantitative estimate of drug-likeness (QED) is 0.722. The Balaban J connectivity index is 3.29. The first kappa shape index (κ1) is 10.2. The number of rotatable bonds is 3. The van der Waals surface area contributed by atoms with Crippen molar-refractivity contribution in [1.29, 1.82) is 0 Å². The molecule has 0 aromatic heterocycles. The number of hydrogen-bond acceptors (Lipinski definition) is 4. The summed E-state index contributed by atoms with van der Waals surface area (Å²) in [5, 5.41) is 0. The van der Waals surface area contributed by atoms with Crippen molar-refractivity contribution in [2.45, 2.75) is 11.4 Å². The fraction of sp³-hybridized carbons (Fsp3) is 0.250. The topological polar surface area (TPSA) is 69.4 Å². The predicted molar refractivity (Wildman–Crippen MR) is 48.5 cm³/mol. The zero-order chi connectivity index (χ0) is 9.90. The summed E-state index contributed by atoms with van der Waals surface area (Å²) in [5.74, 6) is 0. The van der Waals surface area contributed by atoms with Crippen LogP contribution in [0.2, 0.25) is 0 Å². The van der Waals surface area contributed by atoms with Gasteiger partial charge in [-0.1, -0.05) is 18.2 Å². The number of nitrogens with two attached hydrogens (primary N) is 1. The van der Waals surface area contributed by atoms with E-state index in [1.54, 1.807) is 18.2 Å². The molecule has 1 aromatic rings. The molecule has 13 heavy (non-hydrogen) atoms. The van der Waals surface area contributed by atoms with Gasteiger partial charge in [-0.25, -0.2) is 0 Å². The molecular formula is C8H11NO3S. The Morgan fingerprint density at radius 2 is 2.00 bits per heavy atom. The Morgan fingerprint density at radius 1 is 1.38 bits per heavy atom. The van der Waals surface area contributed by atoms with Crippen LogP contribution in [-0.4, -0.2) is 15.5 Å². The zero-order valence-corrected chi connectivity index (χ0v) is 8.04. The lowest BCUT2D eigenvalue weighted by molar-refractivity contribution is 0.397. The van der Waals surface area contributed by atoms with Gasteiger partial charge in [-0.2, -0.15) is 8.42 Å². The minimum Gasteiger partial charge on any atom is -0.326 e. The summed E-state index contributed by atoms with van der Waals surface area (Å²) < 4.78 is 27.0. The Bertz CT molecular complexity index is 386. The van der Waals surface area contributed by atoms with Crippen LogP contribution in [-0.2, 0) is 20.8 Å². The van der Waals surface area contributed by atoms with E-state index in [4.69, 9.17) is 5.73 Å². The second-order valence-corrected chi connectivity index (χ2v) is 4.11. The Hall–Kier alpha value is -0.910. The van der Waals surface area contributed by atoms with Gasteiger partial charge < -0.3 is 5.73 Å². The van der Waals surface area contributed by atoms with E-state index in [0.717, 1.165) is 7.11 Å². The normalized spacial score (nSPS) is 11.5. The van der Waals surface area contributed by atoms with Crippen molar-refractivity contribution in [3.63, 3.8) is 0 Å². The molecule has 1 rings (SSSR count). The standard InChI is InChI=1S/C8H11NO3S/c1-12-13(10,11)8-5-3-2-4-7(8)6-9/h2-5H,6,9H2,1H3. The predicted octanol–water partition coefficient (Wildman–Crippen LogP) is 0.480. The third-order valence-electron chi connectivity index (χ3n) is 1.68. The van der Waals surface area contributed by atoms with E-state index in [0.29, 0.717) is 5.56 Å². The maximum Gasteiger partial charge on any atom is 0.297 e. The highest BCUT2D eigenvalue weighted by atomic mass is 32.2. The molecule has 0 atom stereocenters. The summed E-state index contributed by atoms with van der Waals surface area (Å²) in [6.45, 7) is 0.179. The van der Waals surface area contributed by atoms with Crippen LogP contribution in [0.1, 0.15) is 5.56 Å². The number of benzene rings is 1. The average Bonchev–Trinajstić information content (AvgIpc) is 2.18. The lowest BCUT2D eigenvalue weighted by Gasteiger charge is -2.05. The molecule has 2 N–H and O–H groups in total. The summed E-state index contributed by atoms with van der Waals surface area (Å²) in [4.78, 5) is 0.139. The SMILES string of the molecule is COS(=O)(=O)c1ccccc1CN. The molecular weight excluding hydrogens is 190 g/mol. The van der Waals surface area contributed by atoms with Gasteiger partial charge in [0.15, 0.2) is 0 Å². The molecule has 0 aliphatic heterocycles. The van der Waals surface area contributed by atoms with Crippen molar-refractivity contribution < 1.29 is 12.6 Å². The van der Waals surface area contributed by atoms with Crippen molar-refractivity contribution in [3.8, 4) is 0 Å². The fourth-order valence-corrected chi connectivity index (χ4v) is 1.90. The first-order valence-electron chi connectivity index (χ1n) is 3.70. The molecule has 0 aliphatic rings. The molecule has 4 nitrogen and oxygen atoms in total. The molecule has 0 radical (unpaired) electrons. The zero-order valence-electron chi connectivity index (χ0n) is 7.23. The van der Waals surface area contributed by atoms with Gasteiger partial charge in [-0.3, -0.25) is 4.18 Å². The molecule has 5 heteroatoms. The van der Waals surface area contributed by atoms with Crippen LogP contribution >= 0.6 is 0 Å². The van der Waals surface area contributed by atoms with Gasteiger partial charge >= 0.3 is 0 Å². The maximum absolute atomic E-state index is 11.3. The molecule has 0 amide bonds. The van der Waals surface area contributed by atoms with E-state index in [-0.39, 0.29) is 11.4 Å². The van der Waals surface area contributed by atoms with Crippen LogP contribution < -0.4 is 5.73 Å². The van der Waals surface area contributed by atoms with Crippen molar-refractivity contribution in [3.05, 3.63) is 29.8 Å². The summed E-state index contributed by atoms with van der Waals surface area (Å²) in [5.41, 5.74) is 5.94. The van der Waals surface area contributed by atoms with E-state index in [2.05, 4.69) is 4.18 Å². The molecule has 0 bridgehead atoms. The highest BCUT2D eigenvalue weighted by molar-refractivity contribution is 7.86. The second-order valence-electron chi connectivity index (χ2n) is 2.43. The Labute approximate surface area is 77.4 Å². The van der Waals surface area contributed by atoms with Gasteiger partial charge in [0.1, 0.15) is 0 Å². The molecule has 72 valence electrons. The lowest BCUT2D eigenvalue weighted by atomic mass is 10.2. The largest absolute Gasteiger partial charge is 0.326 e. The van der Waals surface area contributed by atoms with E-state index >= 15 is 0 Å². The van der Waals surface area contributed by atoms with Crippen LogP contribution in [0.3, 0.4) is 0 Å². The molecule has 0 fully saturated rings. The molecule has 0 heterocycles. The van der Waals surface area contributed by atoms with Gasteiger partial charge in [-0.05, 0) is 11.6 Å². The lowest BCUT2D eigenvalue weighted by Crippen LogP contribution is -2.09. The van der Waals surface area contributed by atoms with E-state index in [1.807, 2.05) is 0 Å². The Morgan fingerprint density at radius 3 is 2.54 bits per heavy atom. The van der Waals surface area contributed by atoms with E-state index < -0.39 is 10.1 Å². The van der Waals surface area contributed by atoms with Crippen LogP contribution in [0.25, 0.3) is 0 Å². The molecule has 0 aliphatic carbocycles. The van der Waals surface area contributed by atoms with Gasteiger partial charge in [0.25, 0.3) is 10.1 Å². The molecule has 1 aromatic carbocycles. The monoisotopic (exact) mass is 201 g/mol. The highest BCUT2D eigenvalue weighted by Gasteiger charge is 2.15. The third kappa shape index (κ3) is 2.06. The van der Waals surface area contributed by atoms with Crippen LogP contribution in [0.5, 0.6) is 0 Å². The van der Waals surface area contributed by atoms with Gasteiger partial charge in [0.05, 0.1) is 12.0 Å². The molecule has 0 unspecified atom stereocenters. The maximum atomic E-state index is 11.3. The first-order chi connectivity index (χ1) is 6.11. The fourth-order valence-electron chi connectivity index (χ4n) is 1.01. The van der Waals surface area contributed by atoms with Crippen molar-refractivity contribution in [1.82, 2.24) is 0 Å². The van der Waals surface area contributed by atoms with Crippen LogP contribution in [0, 0.1) is 0 Å². The highest BCUT2D eigenvalue weighted by Crippen LogP contribution is 2.16. The van der Waals surface area contributed by atoms with Crippen molar-refractivity contribution >= 4 is 10.1 Å². The minimum atomic E-state index is -3.62. The second kappa shape index (κ2) is 3.87. The van der Waals surface area contributed by atoms with Gasteiger partial charge in [0, 0.05) is 6.54 Å². The van der Waals surface area contributed by atoms with Crippen LogP contribution in [0.4, 0.5) is 0 Å². The summed E-state index contributed by atoms with van der Waals surface area (Å²) in [7, 11) is -2.49. The van der Waals surface area contributed by atoms with Gasteiger partial charge in [-0.15, -0.1) is 0 Å². The molecule has 0 saturated heterocycles. The smallest absolute Gasteiger partial charge is 0.297 e. The average molecular weight is 201 g/mol. The first-order valence-corrected chi connectivity index (χ1v) is 5.11. The Kier molecular flexibility index (Phi) is 3.02.